The molecular formula is C22H27N7O2. The third-order valence-electron chi connectivity index (χ3n) is 5.20. The molecule has 0 aliphatic carbocycles. The molecule has 0 radical (unpaired) electrons. The summed E-state index contributed by atoms with van der Waals surface area (Å²) in [7, 11) is 0. The quantitative estimate of drug-likeness (QED) is 0.625. The number of hydrogen-bond donors (Lipinski definition) is 0. The van der Waals surface area contributed by atoms with Crippen LogP contribution in [0.1, 0.15) is 34.5 Å². The third kappa shape index (κ3) is 4.50. The highest BCUT2D eigenvalue weighted by Crippen LogP contribution is 2.20. The topological polar surface area (TPSA) is 89.3 Å². The predicted molar refractivity (Wildman–Crippen MR) is 117 cm³/mol. The number of ether oxygens (including phenoxy) is 1. The Kier molecular flexibility index (Phi) is 5.83. The van der Waals surface area contributed by atoms with E-state index in [9.17, 15) is 4.79 Å². The van der Waals surface area contributed by atoms with Gasteiger partial charge in [-0.1, -0.05) is 0 Å². The molecule has 1 fully saturated rings. The number of piperazine rings is 1. The van der Waals surface area contributed by atoms with Crippen molar-refractivity contribution in [3.63, 3.8) is 0 Å². The highest BCUT2D eigenvalue weighted by Gasteiger charge is 2.24. The second-order valence-corrected chi connectivity index (χ2v) is 7.57. The minimum absolute atomic E-state index is 0.0163. The number of rotatable bonds is 5. The standard InChI is InChI=1S/C22H27N7O2/c1-5-31-21-7-6-18(14-23-21)22(30)28-10-8-27(9-11-28)19-13-20(25-17(4)24-19)29-16(3)12-15(2)26-29/h6-7,12-14H,5,8-11H2,1-4H3. The summed E-state index contributed by atoms with van der Waals surface area (Å²) in [5.74, 6) is 2.81. The first kappa shape index (κ1) is 20.8. The maximum Gasteiger partial charge on any atom is 0.255 e. The van der Waals surface area contributed by atoms with Crippen LogP contribution < -0.4 is 9.64 Å². The predicted octanol–water partition coefficient (Wildman–Crippen LogP) is 2.34. The molecule has 4 heterocycles. The number of amides is 1. The Bertz CT molecular complexity index is 1070. The van der Waals surface area contributed by atoms with Crippen LogP contribution in [0.3, 0.4) is 0 Å². The van der Waals surface area contributed by atoms with E-state index in [-0.39, 0.29) is 5.91 Å². The highest BCUT2D eigenvalue weighted by molar-refractivity contribution is 5.94. The monoisotopic (exact) mass is 421 g/mol. The van der Waals surface area contributed by atoms with E-state index < -0.39 is 0 Å². The van der Waals surface area contributed by atoms with Gasteiger partial charge in [-0.25, -0.2) is 19.6 Å². The first-order valence-corrected chi connectivity index (χ1v) is 10.5. The lowest BCUT2D eigenvalue weighted by atomic mass is 10.2. The molecule has 9 heteroatoms. The minimum atomic E-state index is -0.0163. The van der Waals surface area contributed by atoms with Crippen LogP contribution in [0.15, 0.2) is 30.5 Å². The summed E-state index contributed by atoms with van der Waals surface area (Å²) < 4.78 is 7.19. The summed E-state index contributed by atoms with van der Waals surface area (Å²) >= 11 is 0. The molecule has 162 valence electrons. The van der Waals surface area contributed by atoms with Crippen LogP contribution in [0.2, 0.25) is 0 Å². The summed E-state index contributed by atoms with van der Waals surface area (Å²) in [6.45, 7) is 10.9. The molecule has 0 saturated carbocycles. The van der Waals surface area contributed by atoms with Crippen molar-refractivity contribution in [2.45, 2.75) is 27.7 Å². The number of nitrogens with zero attached hydrogens (tertiary/aromatic N) is 7. The number of anilines is 1. The number of carbonyl (C=O) groups is 1. The van der Waals surface area contributed by atoms with Crippen molar-refractivity contribution in [2.24, 2.45) is 0 Å². The summed E-state index contributed by atoms with van der Waals surface area (Å²) in [6.07, 6.45) is 1.58. The van der Waals surface area contributed by atoms with Crippen LogP contribution in [0.4, 0.5) is 5.82 Å². The Morgan fingerprint density at radius 2 is 1.77 bits per heavy atom. The largest absolute Gasteiger partial charge is 0.478 e. The molecular weight excluding hydrogens is 394 g/mol. The van der Waals surface area contributed by atoms with Gasteiger partial charge < -0.3 is 14.5 Å². The fourth-order valence-electron chi connectivity index (χ4n) is 3.73. The smallest absolute Gasteiger partial charge is 0.255 e. The fourth-order valence-corrected chi connectivity index (χ4v) is 3.73. The molecule has 3 aromatic rings. The van der Waals surface area contributed by atoms with E-state index in [2.05, 4.69) is 25.0 Å². The normalized spacial score (nSPS) is 14.1. The van der Waals surface area contributed by atoms with Crippen molar-refractivity contribution in [3.05, 3.63) is 53.2 Å². The number of pyridine rings is 1. The van der Waals surface area contributed by atoms with Gasteiger partial charge in [-0.15, -0.1) is 0 Å². The lowest BCUT2D eigenvalue weighted by Crippen LogP contribution is -2.49. The average molecular weight is 422 g/mol. The van der Waals surface area contributed by atoms with E-state index in [1.165, 1.54) is 0 Å². The molecule has 9 nitrogen and oxygen atoms in total. The Balaban J connectivity index is 1.45. The van der Waals surface area contributed by atoms with Gasteiger partial charge in [-0.05, 0) is 39.8 Å². The maximum absolute atomic E-state index is 12.8. The molecule has 0 aromatic carbocycles. The van der Waals surface area contributed by atoms with Crippen LogP contribution in [-0.2, 0) is 0 Å². The second-order valence-electron chi connectivity index (χ2n) is 7.57. The molecule has 1 amide bonds. The summed E-state index contributed by atoms with van der Waals surface area (Å²) in [5.41, 5.74) is 2.55. The van der Waals surface area contributed by atoms with E-state index in [4.69, 9.17) is 4.74 Å². The third-order valence-corrected chi connectivity index (χ3v) is 5.20. The van der Waals surface area contributed by atoms with Crippen molar-refractivity contribution in [2.75, 3.05) is 37.7 Å². The molecule has 1 saturated heterocycles. The summed E-state index contributed by atoms with van der Waals surface area (Å²) in [5, 5.41) is 4.53. The molecule has 0 N–H and O–H groups in total. The van der Waals surface area contributed by atoms with Gasteiger partial charge in [-0.2, -0.15) is 5.10 Å². The average Bonchev–Trinajstić information content (AvgIpc) is 3.11. The van der Waals surface area contributed by atoms with Gasteiger partial charge >= 0.3 is 0 Å². The van der Waals surface area contributed by atoms with E-state index in [1.807, 2.05) is 49.4 Å². The Morgan fingerprint density at radius 1 is 1.03 bits per heavy atom. The van der Waals surface area contributed by atoms with E-state index in [0.29, 0.717) is 50.1 Å². The molecule has 1 aliphatic heterocycles. The van der Waals surface area contributed by atoms with Gasteiger partial charge in [0.2, 0.25) is 5.88 Å². The van der Waals surface area contributed by atoms with Crippen molar-refractivity contribution in [1.29, 1.82) is 0 Å². The van der Waals surface area contributed by atoms with Gasteiger partial charge in [-0.3, -0.25) is 4.79 Å². The van der Waals surface area contributed by atoms with Gasteiger partial charge in [0, 0.05) is 50.2 Å². The van der Waals surface area contributed by atoms with Crippen LogP contribution >= 0.6 is 0 Å². The van der Waals surface area contributed by atoms with Crippen LogP contribution in [0.25, 0.3) is 5.82 Å². The summed E-state index contributed by atoms with van der Waals surface area (Å²) in [4.78, 5) is 30.2. The van der Waals surface area contributed by atoms with Gasteiger partial charge in [0.05, 0.1) is 17.9 Å². The Hall–Kier alpha value is -3.49. The number of hydrogen-bond acceptors (Lipinski definition) is 7. The molecule has 0 bridgehead atoms. The summed E-state index contributed by atoms with van der Waals surface area (Å²) in [6, 6.07) is 7.48. The van der Waals surface area contributed by atoms with E-state index in [0.717, 1.165) is 23.0 Å². The SMILES string of the molecule is CCOc1ccc(C(=O)N2CCN(c3cc(-n4nc(C)cc4C)nc(C)n3)CC2)cn1. The van der Waals surface area contributed by atoms with Gasteiger partial charge in [0.25, 0.3) is 5.91 Å². The molecule has 1 aliphatic rings. The van der Waals surface area contributed by atoms with Crippen molar-refractivity contribution in [3.8, 4) is 11.7 Å². The van der Waals surface area contributed by atoms with Crippen LogP contribution in [0, 0.1) is 20.8 Å². The van der Waals surface area contributed by atoms with Crippen molar-refractivity contribution in [1.82, 2.24) is 29.6 Å². The molecule has 4 rings (SSSR count). The lowest BCUT2D eigenvalue weighted by Gasteiger charge is -2.35. The molecule has 0 unspecified atom stereocenters. The number of aryl methyl sites for hydroxylation is 3. The van der Waals surface area contributed by atoms with Gasteiger partial charge in [0.1, 0.15) is 11.6 Å². The Morgan fingerprint density at radius 3 is 2.39 bits per heavy atom. The zero-order valence-corrected chi connectivity index (χ0v) is 18.4. The first-order valence-electron chi connectivity index (χ1n) is 10.5. The maximum atomic E-state index is 12.8. The zero-order chi connectivity index (χ0) is 22.0. The van der Waals surface area contributed by atoms with Gasteiger partial charge in [0.15, 0.2) is 5.82 Å². The van der Waals surface area contributed by atoms with E-state index >= 15 is 0 Å². The molecule has 0 spiro atoms. The lowest BCUT2D eigenvalue weighted by molar-refractivity contribution is 0.0746. The Labute approximate surface area is 181 Å². The van der Waals surface area contributed by atoms with Crippen molar-refractivity contribution < 1.29 is 9.53 Å². The highest BCUT2D eigenvalue weighted by atomic mass is 16.5. The zero-order valence-electron chi connectivity index (χ0n) is 18.4. The van der Waals surface area contributed by atoms with E-state index in [1.54, 1.807) is 18.3 Å². The minimum Gasteiger partial charge on any atom is -0.478 e. The molecule has 0 atom stereocenters. The fraction of sp³-hybridized carbons (Fsp3) is 0.409. The number of carbonyl (C=O) groups excluding carboxylic acids is 1. The molecule has 3 aromatic heterocycles. The van der Waals surface area contributed by atoms with Crippen LogP contribution in [0.5, 0.6) is 5.88 Å². The number of aromatic nitrogens is 5. The van der Waals surface area contributed by atoms with Crippen LogP contribution in [-0.4, -0.2) is 68.3 Å². The molecule has 31 heavy (non-hydrogen) atoms. The van der Waals surface area contributed by atoms with Crippen molar-refractivity contribution >= 4 is 11.7 Å². The second kappa shape index (κ2) is 8.71. The first-order chi connectivity index (χ1) is 14.9.